The molecule has 0 spiro atoms. The first-order valence-electron chi connectivity index (χ1n) is 20.8. The maximum Gasteiger partial charge on any atom is 0.226 e. The standard InChI is InChI=1S/C44H78N4O5/c1-7-9-27-35-47(5)43(51)31-25-21-17-13-11-15-19-23-29-41(45-39(3)49)33-37-53-38-34-42(46-40(4)50)30-24-20-16-12-14-18-22-26-32-44(52)48(6)36-28-10-8-2/h7-8,27-28,35-36,41-42H,1-2,9-26,29-34,37-38H2,3-6H3,(H,45,49)(H,46,50)/b35-27+,36-28+/t41-,42?/m0/s1. The van der Waals surface area contributed by atoms with Crippen LogP contribution in [0.2, 0.25) is 0 Å². The van der Waals surface area contributed by atoms with Crippen molar-refractivity contribution in [3.63, 3.8) is 0 Å². The van der Waals surface area contributed by atoms with E-state index in [4.69, 9.17) is 4.74 Å². The number of rotatable bonds is 36. The van der Waals surface area contributed by atoms with Crippen molar-refractivity contribution < 1.29 is 23.9 Å². The third-order valence-electron chi connectivity index (χ3n) is 9.47. The van der Waals surface area contributed by atoms with E-state index in [0.717, 1.165) is 89.9 Å². The molecule has 0 aromatic heterocycles. The molecule has 0 rings (SSSR count). The average Bonchev–Trinajstić information content (AvgIpc) is 3.11. The van der Waals surface area contributed by atoms with E-state index in [2.05, 4.69) is 23.8 Å². The van der Waals surface area contributed by atoms with E-state index in [1.165, 1.54) is 51.4 Å². The summed E-state index contributed by atoms with van der Waals surface area (Å²) in [5, 5.41) is 6.20. The molecule has 0 bridgehead atoms. The van der Waals surface area contributed by atoms with E-state index in [9.17, 15) is 19.2 Å². The van der Waals surface area contributed by atoms with Crippen molar-refractivity contribution in [3.8, 4) is 0 Å². The van der Waals surface area contributed by atoms with Crippen molar-refractivity contribution in [3.05, 3.63) is 49.9 Å². The smallest absolute Gasteiger partial charge is 0.226 e. The summed E-state index contributed by atoms with van der Waals surface area (Å²) in [7, 11) is 3.62. The van der Waals surface area contributed by atoms with E-state index in [1.54, 1.807) is 23.6 Å². The van der Waals surface area contributed by atoms with Gasteiger partial charge in [-0.1, -0.05) is 114 Å². The lowest BCUT2D eigenvalue weighted by atomic mass is 10.0. The van der Waals surface area contributed by atoms with Gasteiger partial charge < -0.3 is 25.2 Å². The molecule has 1 unspecified atom stereocenters. The Balaban J connectivity index is 4.03. The normalized spacial score (nSPS) is 12.5. The van der Waals surface area contributed by atoms with Crippen LogP contribution in [0.4, 0.5) is 0 Å². The van der Waals surface area contributed by atoms with Gasteiger partial charge in [0.05, 0.1) is 0 Å². The predicted octanol–water partition coefficient (Wildman–Crippen LogP) is 9.69. The van der Waals surface area contributed by atoms with Gasteiger partial charge >= 0.3 is 0 Å². The van der Waals surface area contributed by atoms with Crippen molar-refractivity contribution in [2.45, 2.75) is 180 Å². The first-order chi connectivity index (χ1) is 25.6. The number of unbranched alkanes of at least 4 members (excludes halogenated alkanes) is 14. The number of carbonyl (C=O) groups excluding carboxylic acids is 4. The highest BCUT2D eigenvalue weighted by Gasteiger charge is 2.13. The number of allylic oxidation sites excluding steroid dienone is 4. The molecular weight excluding hydrogens is 665 g/mol. The van der Waals surface area contributed by atoms with Crippen molar-refractivity contribution >= 4 is 23.6 Å². The topological polar surface area (TPSA) is 108 Å². The van der Waals surface area contributed by atoms with Crippen LogP contribution in [0, 0.1) is 0 Å². The van der Waals surface area contributed by atoms with Gasteiger partial charge in [0.2, 0.25) is 23.6 Å². The Hall–Kier alpha value is -3.20. The Morgan fingerprint density at radius 1 is 0.528 bits per heavy atom. The molecule has 9 heteroatoms. The van der Waals surface area contributed by atoms with Gasteiger partial charge in [-0.3, -0.25) is 19.2 Å². The summed E-state index contributed by atoms with van der Waals surface area (Å²) >= 11 is 0. The summed E-state index contributed by atoms with van der Waals surface area (Å²) in [5.74, 6) is 0.335. The first-order valence-corrected chi connectivity index (χ1v) is 20.8. The number of hydrogen-bond acceptors (Lipinski definition) is 5. The second-order valence-electron chi connectivity index (χ2n) is 14.5. The highest BCUT2D eigenvalue weighted by atomic mass is 16.5. The molecule has 0 radical (unpaired) electrons. The quantitative estimate of drug-likeness (QED) is 0.0491. The minimum absolute atomic E-state index is 0.00148. The van der Waals surface area contributed by atoms with E-state index < -0.39 is 0 Å². The van der Waals surface area contributed by atoms with Crippen molar-refractivity contribution in [2.24, 2.45) is 0 Å². The predicted molar refractivity (Wildman–Crippen MR) is 221 cm³/mol. The van der Waals surface area contributed by atoms with E-state index >= 15 is 0 Å². The maximum atomic E-state index is 12.1. The third kappa shape index (κ3) is 33.1. The molecule has 53 heavy (non-hydrogen) atoms. The van der Waals surface area contributed by atoms with Crippen molar-refractivity contribution in [1.82, 2.24) is 20.4 Å². The lowest BCUT2D eigenvalue weighted by molar-refractivity contribution is -0.128. The zero-order valence-electron chi connectivity index (χ0n) is 34.4. The monoisotopic (exact) mass is 743 g/mol. The molecule has 0 aliphatic heterocycles. The van der Waals surface area contributed by atoms with Gasteiger partial charge in [-0.15, -0.1) is 13.2 Å². The Kier molecular flexibility index (Phi) is 33.6. The summed E-state index contributed by atoms with van der Waals surface area (Å²) in [5.41, 5.74) is 0. The van der Waals surface area contributed by atoms with Crippen LogP contribution in [0.3, 0.4) is 0 Å². The SMILES string of the molecule is C=CC/C=C/N(C)C(=O)CCCCCCCCCCC(CCOCC[C@H](CCCCCCCCCCC(=O)N(C)/C=C/CC=C)NC(C)=O)NC(C)=O. The Labute approximate surface area is 324 Å². The average molecular weight is 743 g/mol. The summed E-state index contributed by atoms with van der Waals surface area (Å²) < 4.78 is 5.98. The van der Waals surface area contributed by atoms with E-state index in [-0.39, 0.29) is 35.7 Å². The van der Waals surface area contributed by atoms with E-state index in [0.29, 0.717) is 26.1 Å². The molecule has 0 fully saturated rings. The Morgan fingerprint density at radius 2 is 0.849 bits per heavy atom. The molecule has 0 aromatic rings. The molecular formula is C44H78N4O5. The van der Waals surface area contributed by atoms with Crippen LogP contribution in [0.25, 0.3) is 0 Å². The summed E-state index contributed by atoms with van der Waals surface area (Å²) in [6.45, 7) is 11.7. The molecule has 0 aliphatic carbocycles. The van der Waals surface area contributed by atoms with Crippen molar-refractivity contribution in [2.75, 3.05) is 27.3 Å². The minimum Gasteiger partial charge on any atom is -0.381 e. The number of amides is 4. The largest absolute Gasteiger partial charge is 0.381 e. The van der Waals surface area contributed by atoms with Gasteiger partial charge in [-0.2, -0.15) is 0 Å². The summed E-state index contributed by atoms with van der Waals surface area (Å²) in [4.78, 5) is 51.2. The number of hydrogen-bond donors (Lipinski definition) is 2. The van der Waals surface area contributed by atoms with Crippen LogP contribution >= 0.6 is 0 Å². The Morgan fingerprint density at radius 3 is 1.17 bits per heavy atom. The molecule has 0 aliphatic rings. The number of nitrogens with one attached hydrogen (secondary N) is 2. The van der Waals surface area contributed by atoms with Gasteiger partial charge in [0, 0.05) is 78.5 Å². The number of carbonyl (C=O) groups is 4. The van der Waals surface area contributed by atoms with Gasteiger partial charge in [0.15, 0.2) is 0 Å². The Bertz CT molecular complexity index is 963. The third-order valence-corrected chi connectivity index (χ3v) is 9.47. The lowest BCUT2D eigenvalue weighted by Gasteiger charge is -2.20. The van der Waals surface area contributed by atoms with Crippen molar-refractivity contribution in [1.29, 1.82) is 0 Å². The molecule has 2 atom stereocenters. The second kappa shape index (κ2) is 35.8. The molecule has 304 valence electrons. The van der Waals surface area contributed by atoms with Crippen LogP contribution in [0.1, 0.15) is 168 Å². The number of ether oxygens (including phenoxy) is 1. The van der Waals surface area contributed by atoms with Gasteiger partial charge in [-0.05, 0) is 51.4 Å². The minimum atomic E-state index is 0.00148. The molecule has 9 nitrogen and oxygen atoms in total. The van der Waals surface area contributed by atoms with Crippen LogP contribution in [-0.4, -0.2) is 72.8 Å². The molecule has 0 saturated carbocycles. The second-order valence-corrected chi connectivity index (χ2v) is 14.5. The van der Waals surface area contributed by atoms with Crippen LogP contribution < -0.4 is 10.6 Å². The fourth-order valence-electron chi connectivity index (χ4n) is 6.31. The number of nitrogens with zero attached hydrogens (tertiary/aromatic N) is 2. The van der Waals surface area contributed by atoms with Crippen LogP contribution in [0.15, 0.2) is 49.9 Å². The van der Waals surface area contributed by atoms with Gasteiger partial charge in [0.25, 0.3) is 0 Å². The molecule has 2 N–H and O–H groups in total. The first kappa shape index (κ1) is 49.8. The summed E-state index contributed by atoms with van der Waals surface area (Å²) in [6, 6.07) is 0.250. The highest BCUT2D eigenvalue weighted by molar-refractivity contribution is 5.77. The molecule has 0 heterocycles. The summed E-state index contributed by atoms with van der Waals surface area (Å²) in [6.07, 6.45) is 35.5. The van der Waals surface area contributed by atoms with Crippen LogP contribution in [-0.2, 0) is 23.9 Å². The molecule has 4 amide bonds. The van der Waals surface area contributed by atoms with Crippen LogP contribution in [0.5, 0.6) is 0 Å². The lowest BCUT2D eigenvalue weighted by Crippen LogP contribution is -2.35. The molecule has 0 saturated heterocycles. The fraction of sp³-hybridized carbons (Fsp3) is 0.727. The maximum absolute atomic E-state index is 12.1. The zero-order valence-corrected chi connectivity index (χ0v) is 34.4. The van der Waals surface area contributed by atoms with E-state index in [1.807, 2.05) is 50.8 Å². The fourth-order valence-corrected chi connectivity index (χ4v) is 6.31. The highest BCUT2D eigenvalue weighted by Crippen LogP contribution is 2.15. The van der Waals surface area contributed by atoms with Gasteiger partial charge in [0.1, 0.15) is 0 Å². The van der Waals surface area contributed by atoms with Gasteiger partial charge in [-0.25, -0.2) is 0 Å². The zero-order chi connectivity index (χ0) is 39.4. The molecule has 0 aromatic carbocycles.